The smallest absolute Gasteiger partial charge is 0.870 e. The van der Waals surface area contributed by atoms with Crippen molar-refractivity contribution in [1.29, 1.82) is 0 Å². The Morgan fingerprint density at radius 2 is 0.772 bits per heavy atom. The number of hydrogen-bond acceptors (Lipinski definition) is 19. The number of aliphatic carboxylic acids is 1. The second-order valence-corrected chi connectivity index (χ2v) is 30.9. The number of amides is 2. The molecule has 5 atom stereocenters. The maximum absolute atomic E-state index is 15.3. The molecule has 2 fully saturated rings. The van der Waals surface area contributed by atoms with Gasteiger partial charge in [-0.25, -0.2) is 55.3 Å². The fourth-order valence-corrected chi connectivity index (χ4v) is 16.5. The predicted molar refractivity (Wildman–Crippen MR) is 462 cm³/mol. The van der Waals surface area contributed by atoms with Crippen LogP contribution in [0.4, 0.5) is 81.6 Å². The predicted octanol–water partition coefficient (Wildman–Crippen LogP) is 11.1. The molecule has 5 aromatic carbocycles. The summed E-state index contributed by atoms with van der Waals surface area (Å²) in [5, 5.41) is 12.8. The molecule has 0 spiro atoms. The van der Waals surface area contributed by atoms with Crippen LogP contribution in [0.15, 0.2) is 167 Å². The summed E-state index contributed by atoms with van der Waals surface area (Å²) < 4.78 is 260. The van der Waals surface area contributed by atoms with Gasteiger partial charge in [-0.3, -0.25) is 28.8 Å². The van der Waals surface area contributed by atoms with Gasteiger partial charge < -0.3 is 82.6 Å². The number of carboxylic acid groups (broad SMARTS) is 1. The molecule has 2 aliphatic rings. The molecule has 0 saturated carbocycles. The minimum atomic E-state index is -5.10. The fourth-order valence-electron chi connectivity index (χ4n) is 16.5. The normalized spacial score (nSPS) is 14.7. The van der Waals surface area contributed by atoms with Gasteiger partial charge in [0.15, 0.2) is 0 Å². The van der Waals surface area contributed by atoms with Gasteiger partial charge in [0.05, 0.1) is 90.6 Å². The Balaban J connectivity index is 0.000000212. The molecule has 6 N–H and O–H groups in total. The summed E-state index contributed by atoms with van der Waals surface area (Å²) in [7, 11) is 6.04. The third-order valence-corrected chi connectivity index (χ3v) is 22.7. The van der Waals surface area contributed by atoms with Crippen LogP contribution in [0.3, 0.4) is 0 Å². The summed E-state index contributed by atoms with van der Waals surface area (Å²) >= 11 is 0. The number of carbonyl (C=O) groups excluding carboxylic acids is 4. The van der Waals surface area contributed by atoms with E-state index in [2.05, 4.69) is 30.3 Å². The van der Waals surface area contributed by atoms with E-state index in [1.807, 2.05) is 6.92 Å². The number of carboxylic acids is 1. The molecule has 136 heavy (non-hydrogen) atoms. The monoisotopic (exact) mass is 1910 g/mol. The Morgan fingerprint density at radius 1 is 0.471 bits per heavy atom. The minimum Gasteiger partial charge on any atom is -0.870 e. The van der Waals surface area contributed by atoms with E-state index < -0.39 is 191 Å². The van der Waals surface area contributed by atoms with Gasteiger partial charge in [0.2, 0.25) is 0 Å². The summed E-state index contributed by atoms with van der Waals surface area (Å²) in [6.07, 6.45) is -8.05. The number of aryl methyl sites for hydroxylation is 3. The number of pyridine rings is 6. The van der Waals surface area contributed by atoms with Crippen LogP contribution in [0.2, 0.25) is 0 Å². The largest absolute Gasteiger partial charge is 1.00 e. The molecular formula is C91H83F16LiN14O14. The Kier molecular flexibility index (Phi) is 31.5. The van der Waals surface area contributed by atoms with E-state index >= 15 is 17.6 Å². The molecule has 0 radical (unpaired) electrons. The van der Waals surface area contributed by atoms with Gasteiger partial charge in [-0.05, 0) is 129 Å². The number of carbonyl (C=O) groups is 5. The van der Waals surface area contributed by atoms with Gasteiger partial charge in [0, 0.05) is 164 Å². The first-order chi connectivity index (χ1) is 62.4. The zero-order valence-corrected chi connectivity index (χ0v) is 71.5. The standard InChI is InChI=1S/C34H29F6N5O5.C33H27F6N5O5.C22H18F4N4O3.2CH4.Li.H2O/c1-17-16-50-11-10-44(17)20-13-23(36)28(24(37)14-20)31(46)42-25(33(48)49-3)15-19-5-6-21(30-41-8-9-45(19)30)27-29(34(38,39)40)22-12-18(35)4-7-26(22)43(2)32(27)47;1-16-15-49-10-9-43(16)19-12-22(35)27(23(36)13-19)30(45)41-24(32(47)48)14-18-4-5-20(29-40-7-8-44(18)29)26-28(33(37,38)39)21-11-17(34)3-6-25(21)42(2)31(26)46;1-29-16-6-3-11(23)9-14(16)18(22(24,25)26)17(20(29)31)13-5-4-12(10-15(27)21(32)33-2)30-8-7-28-19(13)30;;;;/h4-9,12-14,17,25H,10-11,15-16H2,1-3H3,(H,42,46);3-8,11-13,16,24H,9-10,14-15H2,1-2H3,(H,41,45)(H,47,48);3-9,15H,10,27H2,1-2H3;2*1H4;;1H2/q;;;;;+1;/p-1/t17-,25+;16-,24+;15-;;;;/m110..../s1. The Bertz CT molecular complexity index is 7150. The van der Waals surface area contributed by atoms with E-state index in [1.165, 1.54) is 109 Å². The number of nitrogens with one attached hydrogen (secondary N) is 2. The van der Waals surface area contributed by atoms with E-state index in [1.54, 1.807) is 16.7 Å². The van der Waals surface area contributed by atoms with E-state index in [4.69, 9.17) is 19.9 Å². The molecule has 2 amide bonds. The zero-order valence-electron chi connectivity index (χ0n) is 71.5. The number of alkyl halides is 9. The van der Waals surface area contributed by atoms with Crippen LogP contribution in [0.5, 0.6) is 0 Å². The van der Waals surface area contributed by atoms with Crippen LogP contribution in [0, 0.1) is 40.7 Å². The van der Waals surface area contributed by atoms with E-state index in [0.29, 0.717) is 57.3 Å². The van der Waals surface area contributed by atoms with Crippen molar-refractivity contribution >= 4 is 90.7 Å². The van der Waals surface area contributed by atoms with E-state index in [-0.39, 0.29) is 137 Å². The summed E-state index contributed by atoms with van der Waals surface area (Å²) in [5.41, 5.74) is -5.32. The average molecular weight is 1910 g/mol. The number of benzene rings is 5. The van der Waals surface area contributed by atoms with Crippen molar-refractivity contribution in [3.63, 3.8) is 0 Å². The van der Waals surface area contributed by atoms with Crippen LogP contribution in [-0.4, -0.2) is 166 Å². The summed E-state index contributed by atoms with van der Waals surface area (Å²) in [5.74, 6) is -13.3. The molecule has 0 aliphatic carbocycles. The second-order valence-electron chi connectivity index (χ2n) is 30.9. The zero-order chi connectivity index (χ0) is 95.5. The first kappa shape index (κ1) is 104. The van der Waals surface area contributed by atoms with Crippen molar-refractivity contribution < 1.29 is 143 Å². The first-order valence-electron chi connectivity index (χ1n) is 39.9. The Hall–Kier alpha value is -13.9. The van der Waals surface area contributed by atoms with Crippen molar-refractivity contribution in [1.82, 2.24) is 52.5 Å². The number of nitrogens with two attached hydrogens (primary N) is 1. The minimum absolute atomic E-state index is 0. The van der Waals surface area contributed by atoms with Gasteiger partial charge >= 0.3 is 55.3 Å². The summed E-state index contributed by atoms with van der Waals surface area (Å²) in [6.45, 7) is 5.72. The van der Waals surface area contributed by atoms with Crippen LogP contribution < -0.4 is 61.7 Å². The summed E-state index contributed by atoms with van der Waals surface area (Å²) in [6, 6.07) is 15.3. The number of esters is 2. The quantitative estimate of drug-likeness (QED) is 0.0352. The van der Waals surface area contributed by atoms with Crippen LogP contribution >= 0.6 is 0 Å². The number of methoxy groups -OCH3 is 2. The van der Waals surface area contributed by atoms with Gasteiger partial charge in [-0.1, -0.05) is 14.9 Å². The molecule has 2 saturated heterocycles. The number of anilines is 2. The van der Waals surface area contributed by atoms with Crippen LogP contribution in [0.25, 0.3) is 83.0 Å². The molecule has 11 heterocycles. The number of aromatic nitrogens is 9. The molecular weight excluding hydrogens is 1820 g/mol. The number of halogens is 16. The molecule has 0 unspecified atom stereocenters. The Morgan fingerprint density at radius 3 is 1.07 bits per heavy atom. The number of imidazole rings is 3. The number of nitrogens with zero attached hydrogens (tertiary/aromatic N) is 11. The maximum Gasteiger partial charge on any atom is 1.00 e. The van der Waals surface area contributed by atoms with Crippen molar-refractivity contribution in [2.24, 2.45) is 26.9 Å². The van der Waals surface area contributed by atoms with Crippen molar-refractivity contribution in [2.45, 2.75) is 96.7 Å². The van der Waals surface area contributed by atoms with Gasteiger partial charge in [-0.2, -0.15) is 39.5 Å². The average Bonchev–Trinajstić information content (AvgIpc) is 1.09. The number of fused-ring (bicyclic) bond motifs is 6. The number of hydrogen-bond donors (Lipinski definition) is 4. The Labute approximate surface area is 771 Å². The molecule has 0 bridgehead atoms. The third-order valence-electron chi connectivity index (χ3n) is 22.7. The van der Waals surface area contributed by atoms with Gasteiger partial charge in [0.1, 0.15) is 86.9 Å². The molecule has 14 aromatic rings. The van der Waals surface area contributed by atoms with E-state index in [9.17, 15) is 96.1 Å². The molecule has 714 valence electrons. The number of ether oxygens (including phenoxy) is 4. The molecule has 28 nitrogen and oxygen atoms in total. The topological polar surface area (TPSA) is 347 Å². The molecule has 16 rings (SSSR count). The summed E-state index contributed by atoms with van der Waals surface area (Å²) in [4.78, 5) is 119. The van der Waals surface area contributed by atoms with Gasteiger partial charge in [-0.15, -0.1) is 0 Å². The third kappa shape index (κ3) is 20.2. The maximum atomic E-state index is 15.3. The first-order valence-corrected chi connectivity index (χ1v) is 39.9. The molecule has 9 aromatic heterocycles. The molecule has 45 heteroatoms. The SMILES string of the molecule is C.C.COC(=O)[C@@H](N)Cc1ccc(-c2c(C(F)(F)F)c3cc(F)ccc3n(C)c2=O)c2nccn12.COC(=O)[C@H](Cc1ccc(-c2c(C(F)(F)F)c3cc(F)ccc3n(C)c2=O)c2nccn12)NC(=O)c1c(F)cc(N2CCOC[C@H]2C)cc1F.C[C@@H]1COCCN1c1cc(F)c(C(=O)N[C@@H](Cc2ccc(-c3c(C(F)(F)F)c4cc(F)ccc4n(C)c3=O)c3nccn23)C(=O)O)c(F)c1.[Li+].[OH-]. The van der Waals surface area contributed by atoms with Crippen molar-refractivity contribution in [3.8, 4) is 33.4 Å². The van der Waals surface area contributed by atoms with Crippen molar-refractivity contribution in [3.05, 3.63) is 269 Å². The van der Waals surface area contributed by atoms with Crippen LogP contribution in [-0.2, 0) is 92.3 Å². The fraction of sp³-hybridized carbons (Fsp3) is 0.286. The van der Waals surface area contributed by atoms with E-state index in [0.717, 1.165) is 93.6 Å². The van der Waals surface area contributed by atoms with Crippen LogP contribution in [0.1, 0.15) is 83.2 Å². The number of rotatable bonds is 18. The molecule has 2 aliphatic heterocycles. The second kappa shape index (κ2) is 41.1. The van der Waals surface area contributed by atoms with Crippen molar-refractivity contribution in [2.75, 3.05) is 63.5 Å². The number of morpholine rings is 2. The van der Waals surface area contributed by atoms with Gasteiger partial charge in [0.25, 0.3) is 28.5 Å².